The Morgan fingerprint density at radius 2 is 1.78 bits per heavy atom. The number of amides is 1. The fraction of sp³-hybridized carbons (Fsp3) is 0.412. The minimum Gasteiger partial charge on any atom is -0.497 e. The number of nitrogens with one attached hydrogen (secondary N) is 1. The first-order chi connectivity index (χ1) is 19.8. The van der Waals surface area contributed by atoms with Gasteiger partial charge in [0.05, 0.1) is 7.11 Å². The van der Waals surface area contributed by atoms with E-state index in [1.54, 1.807) is 18.9 Å². The zero-order valence-corrected chi connectivity index (χ0v) is 25.7. The van der Waals surface area contributed by atoms with Crippen molar-refractivity contribution in [2.45, 2.75) is 58.7 Å². The van der Waals surface area contributed by atoms with Crippen LogP contribution >= 0.6 is 11.8 Å². The predicted octanol–water partition coefficient (Wildman–Crippen LogP) is 6.91. The number of hydrogen-bond acceptors (Lipinski definition) is 5. The van der Waals surface area contributed by atoms with Gasteiger partial charge >= 0.3 is 5.97 Å². The second kappa shape index (κ2) is 16.2. The van der Waals surface area contributed by atoms with Gasteiger partial charge in [-0.3, -0.25) is 9.69 Å². The molecule has 3 aromatic carbocycles. The highest BCUT2D eigenvalue weighted by molar-refractivity contribution is 7.98. The molecule has 3 aromatic rings. The van der Waals surface area contributed by atoms with Crippen molar-refractivity contribution in [3.63, 3.8) is 0 Å². The summed E-state index contributed by atoms with van der Waals surface area (Å²) in [6.07, 6.45) is 4.76. The van der Waals surface area contributed by atoms with Gasteiger partial charge in [-0.1, -0.05) is 61.9 Å². The molecule has 1 saturated heterocycles. The van der Waals surface area contributed by atoms with Crippen LogP contribution in [-0.2, 0) is 11.3 Å². The van der Waals surface area contributed by atoms with E-state index in [2.05, 4.69) is 30.1 Å². The maximum Gasteiger partial charge on any atom is 0.326 e. The van der Waals surface area contributed by atoms with E-state index in [9.17, 15) is 14.7 Å². The Labute approximate surface area is 249 Å². The molecular formula is C34H44N2O4S. The van der Waals surface area contributed by atoms with Crippen LogP contribution in [-0.4, -0.2) is 59.6 Å². The topological polar surface area (TPSA) is 78.9 Å². The van der Waals surface area contributed by atoms with Gasteiger partial charge in [-0.25, -0.2) is 4.79 Å². The number of para-hydroxylation sites is 1. The Morgan fingerprint density at radius 3 is 2.37 bits per heavy atom. The summed E-state index contributed by atoms with van der Waals surface area (Å²) >= 11 is 1.57. The van der Waals surface area contributed by atoms with Gasteiger partial charge < -0.3 is 15.2 Å². The molecule has 3 atom stereocenters. The molecule has 220 valence electrons. The third-order valence-electron chi connectivity index (χ3n) is 7.71. The molecule has 0 bridgehead atoms. The number of nitrogens with zero attached hydrogens (tertiary/aromatic N) is 1. The van der Waals surface area contributed by atoms with E-state index in [-0.39, 0.29) is 5.91 Å². The zero-order valence-electron chi connectivity index (χ0n) is 24.9. The zero-order chi connectivity index (χ0) is 29.8. The van der Waals surface area contributed by atoms with Crippen molar-refractivity contribution in [1.82, 2.24) is 10.2 Å². The maximum atomic E-state index is 13.2. The third kappa shape index (κ3) is 9.37. The fourth-order valence-electron chi connectivity index (χ4n) is 5.24. The highest BCUT2D eigenvalue weighted by atomic mass is 32.2. The number of rotatable bonds is 11. The lowest BCUT2D eigenvalue weighted by Crippen LogP contribution is -2.41. The van der Waals surface area contributed by atoms with Crippen molar-refractivity contribution >= 4 is 23.6 Å². The second-order valence-corrected chi connectivity index (χ2v) is 11.6. The van der Waals surface area contributed by atoms with Crippen LogP contribution < -0.4 is 10.1 Å². The largest absolute Gasteiger partial charge is 0.497 e. The van der Waals surface area contributed by atoms with Crippen molar-refractivity contribution in [3.8, 4) is 16.9 Å². The van der Waals surface area contributed by atoms with Crippen molar-refractivity contribution in [3.05, 3.63) is 89.5 Å². The first-order valence-electron chi connectivity index (χ1n) is 14.3. The van der Waals surface area contributed by atoms with Crippen molar-refractivity contribution in [2.75, 3.05) is 25.7 Å². The molecule has 0 radical (unpaired) electrons. The number of methoxy groups -OCH3 is 1. The number of ether oxygens (including phenoxy) is 1. The van der Waals surface area contributed by atoms with E-state index in [0.29, 0.717) is 23.8 Å². The number of aliphatic carboxylic acids is 1. The molecule has 0 aliphatic carbocycles. The SMILES string of the molecule is CCC1CC(C)N(Cc2ccc(C(=O)NC(CCSC)C(=O)O)c(-c3ccccc3C)c2)C1.COc1ccccc1. The summed E-state index contributed by atoms with van der Waals surface area (Å²) < 4.78 is 4.91. The van der Waals surface area contributed by atoms with Crippen LogP contribution in [0, 0.1) is 12.8 Å². The number of carbonyl (C=O) groups excluding carboxylic acids is 1. The van der Waals surface area contributed by atoms with Gasteiger partial charge in [-0.05, 0) is 91.1 Å². The maximum absolute atomic E-state index is 13.2. The molecule has 1 heterocycles. The number of carboxylic acids is 1. The van der Waals surface area contributed by atoms with Gasteiger partial charge in [-0.2, -0.15) is 11.8 Å². The molecule has 0 spiro atoms. The van der Waals surface area contributed by atoms with Gasteiger partial charge in [-0.15, -0.1) is 0 Å². The predicted molar refractivity (Wildman–Crippen MR) is 170 cm³/mol. The van der Waals surface area contributed by atoms with Crippen LogP contribution in [0.15, 0.2) is 72.8 Å². The minimum atomic E-state index is -1.00. The van der Waals surface area contributed by atoms with Crippen LogP contribution in [0.5, 0.6) is 5.75 Å². The number of hydrogen-bond donors (Lipinski definition) is 2. The molecular weight excluding hydrogens is 532 g/mol. The highest BCUT2D eigenvalue weighted by Gasteiger charge is 2.28. The monoisotopic (exact) mass is 576 g/mol. The molecule has 3 unspecified atom stereocenters. The number of aryl methyl sites for hydroxylation is 1. The number of likely N-dealkylation sites (tertiary alicyclic amines) is 1. The summed E-state index contributed by atoms with van der Waals surface area (Å²) in [6, 6.07) is 23.3. The minimum absolute atomic E-state index is 0.339. The molecule has 1 aliphatic rings. The fourth-order valence-corrected chi connectivity index (χ4v) is 5.71. The van der Waals surface area contributed by atoms with Gasteiger partial charge in [0.2, 0.25) is 0 Å². The molecule has 7 heteroatoms. The lowest BCUT2D eigenvalue weighted by Gasteiger charge is -2.22. The molecule has 1 amide bonds. The first kappa shape index (κ1) is 32.2. The quantitative estimate of drug-likeness (QED) is 0.258. The Morgan fingerprint density at radius 1 is 1.07 bits per heavy atom. The Balaban J connectivity index is 0.000000496. The summed E-state index contributed by atoms with van der Waals surface area (Å²) in [5, 5.41) is 12.3. The van der Waals surface area contributed by atoms with E-state index in [4.69, 9.17) is 4.74 Å². The van der Waals surface area contributed by atoms with Gasteiger partial charge in [0.1, 0.15) is 11.8 Å². The third-order valence-corrected chi connectivity index (χ3v) is 8.35. The average molecular weight is 577 g/mol. The number of carbonyl (C=O) groups is 2. The lowest BCUT2D eigenvalue weighted by atomic mass is 9.93. The molecule has 0 saturated carbocycles. The van der Waals surface area contributed by atoms with Gasteiger partial charge in [0, 0.05) is 24.7 Å². The molecule has 1 aliphatic heterocycles. The Kier molecular flexibility index (Phi) is 12.8. The summed E-state index contributed by atoms with van der Waals surface area (Å²) in [5.74, 6) is 0.990. The van der Waals surface area contributed by atoms with Crippen molar-refractivity contribution in [1.29, 1.82) is 0 Å². The van der Waals surface area contributed by atoms with Gasteiger partial charge in [0.25, 0.3) is 5.91 Å². The summed E-state index contributed by atoms with van der Waals surface area (Å²) in [6.45, 7) is 8.55. The Hall–Kier alpha value is -3.29. The normalized spacial score (nSPS) is 17.3. The van der Waals surface area contributed by atoms with E-state index in [1.165, 1.54) is 18.4 Å². The molecule has 0 aromatic heterocycles. The van der Waals surface area contributed by atoms with E-state index >= 15 is 0 Å². The summed E-state index contributed by atoms with van der Waals surface area (Å²) in [7, 11) is 1.66. The lowest BCUT2D eigenvalue weighted by molar-refractivity contribution is -0.139. The van der Waals surface area contributed by atoms with Crippen LogP contribution in [0.1, 0.15) is 54.6 Å². The smallest absolute Gasteiger partial charge is 0.326 e. The standard InChI is InChI=1S/C27H36N2O3S.C7H8O/c1-5-20-14-19(3)29(16-20)17-21-10-11-23(24(15-21)22-9-7-6-8-18(22)2)26(30)28-25(27(31)32)12-13-33-4;1-8-7-5-3-2-4-6-7/h6-11,15,19-20,25H,5,12-14,16-17H2,1-4H3,(H,28,30)(H,31,32);2-6H,1H3. The van der Waals surface area contributed by atoms with E-state index in [1.807, 2.05) is 79.9 Å². The van der Waals surface area contributed by atoms with Crippen LogP contribution in [0.2, 0.25) is 0 Å². The number of benzene rings is 3. The molecule has 6 nitrogen and oxygen atoms in total. The van der Waals surface area contributed by atoms with Crippen LogP contribution in [0.4, 0.5) is 0 Å². The van der Waals surface area contributed by atoms with Crippen LogP contribution in [0.25, 0.3) is 11.1 Å². The second-order valence-electron chi connectivity index (χ2n) is 10.6. The van der Waals surface area contributed by atoms with E-state index < -0.39 is 12.0 Å². The molecule has 41 heavy (non-hydrogen) atoms. The molecule has 2 N–H and O–H groups in total. The Bertz CT molecular complexity index is 1270. The van der Waals surface area contributed by atoms with Crippen molar-refractivity contribution < 1.29 is 19.4 Å². The highest BCUT2D eigenvalue weighted by Crippen LogP contribution is 2.31. The van der Waals surface area contributed by atoms with Crippen molar-refractivity contribution in [2.24, 2.45) is 5.92 Å². The van der Waals surface area contributed by atoms with Gasteiger partial charge in [0.15, 0.2) is 0 Å². The summed E-state index contributed by atoms with van der Waals surface area (Å²) in [5.41, 5.74) is 4.63. The number of carboxylic acid groups (broad SMARTS) is 1. The molecule has 1 fully saturated rings. The summed E-state index contributed by atoms with van der Waals surface area (Å²) in [4.78, 5) is 27.4. The van der Waals surface area contributed by atoms with Crippen LogP contribution in [0.3, 0.4) is 0 Å². The first-order valence-corrected chi connectivity index (χ1v) is 15.7. The molecule has 4 rings (SSSR count). The average Bonchev–Trinajstić information content (AvgIpc) is 3.34. The number of thioether (sulfide) groups is 1. The van der Waals surface area contributed by atoms with E-state index in [0.717, 1.165) is 41.4 Å².